The molecule has 0 aliphatic rings. The van der Waals surface area contributed by atoms with E-state index in [0.717, 1.165) is 12.1 Å². The molecule has 0 bridgehead atoms. The van der Waals surface area contributed by atoms with Gasteiger partial charge in [-0.05, 0) is 58.2 Å². The van der Waals surface area contributed by atoms with Gasteiger partial charge < -0.3 is 19.0 Å². The highest BCUT2D eigenvalue weighted by molar-refractivity contribution is 7.88. The molecule has 2 atom stereocenters. The Balaban J connectivity index is 2.95. The molecular weight excluding hydrogens is 455 g/mol. The van der Waals surface area contributed by atoms with Crippen LogP contribution < -0.4 is 9.50 Å². The molecule has 1 rings (SSSR count). The number of hydrogen-bond acceptors (Lipinski definition) is 7. The second-order valence-corrected chi connectivity index (χ2v) is 9.60. The SMILES string of the molecule is CCOC(=O)C(C)CC(Cc1ccc(OS(=O)(=O)C(F)(F)F)cc1)NC(=O)OC(C)(C)C. The van der Waals surface area contributed by atoms with Crippen molar-refractivity contribution in [2.45, 2.75) is 64.6 Å². The maximum Gasteiger partial charge on any atom is 0.534 e. The van der Waals surface area contributed by atoms with Crippen molar-refractivity contribution >= 4 is 22.2 Å². The van der Waals surface area contributed by atoms with Crippen LogP contribution in [0.1, 0.15) is 46.6 Å². The normalized spacial score (nSPS) is 14.2. The summed E-state index contributed by atoms with van der Waals surface area (Å²) in [7, 11) is -5.78. The Hall–Kier alpha value is -2.50. The Kier molecular flexibility index (Phi) is 9.37. The third-order valence-electron chi connectivity index (χ3n) is 3.94. The largest absolute Gasteiger partial charge is 0.534 e. The third-order valence-corrected chi connectivity index (χ3v) is 4.92. The molecule has 32 heavy (non-hydrogen) atoms. The first-order valence-electron chi connectivity index (χ1n) is 9.80. The Bertz CT molecular complexity index is 878. The molecule has 0 saturated heterocycles. The Labute approximate surface area is 185 Å². The first-order chi connectivity index (χ1) is 14.5. The summed E-state index contributed by atoms with van der Waals surface area (Å²) in [5.41, 5.74) is -5.74. The fourth-order valence-electron chi connectivity index (χ4n) is 2.61. The molecule has 2 unspecified atom stereocenters. The zero-order valence-electron chi connectivity index (χ0n) is 18.5. The number of esters is 1. The summed E-state index contributed by atoms with van der Waals surface area (Å²) in [6, 6.07) is 4.28. The standard InChI is InChI=1S/C20H28F3NO7S/c1-6-29-17(25)13(2)11-15(24-18(26)30-19(3,4)5)12-14-7-9-16(10-8-14)31-32(27,28)20(21,22)23/h7-10,13,15H,6,11-12H2,1-5H3,(H,24,26). The fraction of sp³-hybridized carbons (Fsp3) is 0.600. The van der Waals surface area contributed by atoms with Gasteiger partial charge in [-0.2, -0.15) is 21.6 Å². The van der Waals surface area contributed by atoms with E-state index in [2.05, 4.69) is 9.50 Å². The van der Waals surface area contributed by atoms with Gasteiger partial charge in [0.1, 0.15) is 11.4 Å². The number of alkyl carbamates (subject to hydrolysis) is 1. The van der Waals surface area contributed by atoms with Crippen LogP contribution in [-0.4, -0.2) is 44.2 Å². The van der Waals surface area contributed by atoms with Gasteiger partial charge in [0.05, 0.1) is 12.5 Å². The molecule has 12 heteroatoms. The van der Waals surface area contributed by atoms with E-state index in [9.17, 15) is 31.2 Å². The number of nitrogens with one attached hydrogen (secondary N) is 1. The van der Waals surface area contributed by atoms with E-state index in [1.807, 2.05) is 0 Å². The second-order valence-electron chi connectivity index (χ2n) is 8.06. The highest BCUT2D eigenvalue weighted by Crippen LogP contribution is 2.27. The average molecular weight is 484 g/mol. The van der Waals surface area contributed by atoms with Gasteiger partial charge in [0.15, 0.2) is 0 Å². The fourth-order valence-corrected chi connectivity index (χ4v) is 3.07. The van der Waals surface area contributed by atoms with Crippen LogP contribution in [0.3, 0.4) is 0 Å². The van der Waals surface area contributed by atoms with Crippen molar-refractivity contribution in [2.24, 2.45) is 5.92 Å². The van der Waals surface area contributed by atoms with E-state index >= 15 is 0 Å². The summed E-state index contributed by atoms with van der Waals surface area (Å²) >= 11 is 0. The quantitative estimate of drug-likeness (QED) is 0.322. The number of hydrogen-bond donors (Lipinski definition) is 1. The highest BCUT2D eigenvalue weighted by atomic mass is 32.2. The number of halogens is 3. The summed E-state index contributed by atoms with van der Waals surface area (Å²) in [5, 5.41) is 2.68. The zero-order valence-corrected chi connectivity index (χ0v) is 19.3. The summed E-state index contributed by atoms with van der Waals surface area (Å²) in [4.78, 5) is 24.2. The van der Waals surface area contributed by atoms with Crippen LogP contribution in [0.15, 0.2) is 24.3 Å². The smallest absolute Gasteiger partial charge is 0.466 e. The monoisotopic (exact) mass is 483 g/mol. The molecule has 0 spiro atoms. The van der Waals surface area contributed by atoms with E-state index in [1.54, 1.807) is 34.6 Å². The van der Waals surface area contributed by atoms with Crippen LogP contribution in [0.2, 0.25) is 0 Å². The van der Waals surface area contributed by atoms with E-state index in [0.29, 0.717) is 5.56 Å². The van der Waals surface area contributed by atoms with Crippen molar-refractivity contribution < 1.29 is 44.8 Å². The van der Waals surface area contributed by atoms with Crippen LogP contribution in [-0.2, 0) is 30.8 Å². The molecule has 1 aromatic carbocycles. The lowest BCUT2D eigenvalue weighted by Crippen LogP contribution is -2.41. The lowest BCUT2D eigenvalue weighted by atomic mass is 9.96. The van der Waals surface area contributed by atoms with Crippen molar-refractivity contribution in [3.05, 3.63) is 29.8 Å². The van der Waals surface area contributed by atoms with Gasteiger partial charge in [-0.15, -0.1) is 0 Å². The summed E-state index contributed by atoms with van der Waals surface area (Å²) in [6.45, 7) is 8.59. The Morgan fingerprint density at radius 2 is 1.66 bits per heavy atom. The predicted octanol–water partition coefficient (Wildman–Crippen LogP) is 3.94. The number of carbonyl (C=O) groups is 2. The van der Waals surface area contributed by atoms with Crippen molar-refractivity contribution in [3.63, 3.8) is 0 Å². The van der Waals surface area contributed by atoms with Gasteiger partial charge in [0, 0.05) is 6.04 Å². The molecule has 1 N–H and O–H groups in total. The number of alkyl halides is 3. The first kappa shape index (κ1) is 27.5. The lowest BCUT2D eigenvalue weighted by molar-refractivity contribution is -0.147. The van der Waals surface area contributed by atoms with Gasteiger partial charge in [-0.25, -0.2) is 4.79 Å². The van der Waals surface area contributed by atoms with Crippen molar-refractivity contribution in [1.82, 2.24) is 5.32 Å². The van der Waals surface area contributed by atoms with Crippen molar-refractivity contribution in [2.75, 3.05) is 6.61 Å². The second kappa shape index (κ2) is 10.9. The molecule has 0 fully saturated rings. The molecule has 0 aliphatic heterocycles. The number of ether oxygens (including phenoxy) is 2. The van der Waals surface area contributed by atoms with Gasteiger partial charge in [-0.3, -0.25) is 4.79 Å². The highest BCUT2D eigenvalue weighted by Gasteiger charge is 2.48. The lowest BCUT2D eigenvalue weighted by Gasteiger charge is -2.25. The predicted molar refractivity (Wildman–Crippen MR) is 109 cm³/mol. The topological polar surface area (TPSA) is 108 Å². The molecule has 1 amide bonds. The molecule has 0 aliphatic carbocycles. The minimum absolute atomic E-state index is 0.190. The van der Waals surface area contributed by atoms with Crippen LogP contribution in [0.5, 0.6) is 5.75 Å². The van der Waals surface area contributed by atoms with Gasteiger partial charge in [-0.1, -0.05) is 19.1 Å². The van der Waals surface area contributed by atoms with E-state index in [4.69, 9.17) is 9.47 Å². The van der Waals surface area contributed by atoms with Crippen LogP contribution in [0.4, 0.5) is 18.0 Å². The van der Waals surface area contributed by atoms with Gasteiger partial charge >= 0.3 is 27.7 Å². The molecule has 0 heterocycles. The van der Waals surface area contributed by atoms with Gasteiger partial charge in [0.25, 0.3) is 0 Å². The van der Waals surface area contributed by atoms with Crippen LogP contribution in [0.25, 0.3) is 0 Å². The van der Waals surface area contributed by atoms with Crippen LogP contribution in [0, 0.1) is 5.92 Å². The third kappa shape index (κ3) is 9.33. The first-order valence-corrected chi connectivity index (χ1v) is 11.2. The summed E-state index contributed by atoms with van der Waals surface area (Å²) in [6.07, 6.45) is -0.302. The number of rotatable bonds is 9. The number of benzene rings is 1. The molecular formula is C20H28F3NO7S. The molecule has 0 aromatic heterocycles. The maximum atomic E-state index is 12.4. The van der Waals surface area contributed by atoms with Crippen molar-refractivity contribution in [1.29, 1.82) is 0 Å². The van der Waals surface area contributed by atoms with Crippen LogP contribution >= 0.6 is 0 Å². The molecule has 182 valence electrons. The van der Waals surface area contributed by atoms with E-state index < -0.39 is 51.0 Å². The number of amides is 1. The minimum Gasteiger partial charge on any atom is -0.466 e. The Morgan fingerprint density at radius 1 is 1.09 bits per heavy atom. The molecule has 1 aromatic rings. The maximum absolute atomic E-state index is 12.4. The summed E-state index contributed by atoms with van der Waals surface area (Å²) < 4.78 is 73.8. The van der Waals surface area contributed by atoms with Gasteiger partial charge in [0.2, 0.25) is 0 Å². The van der Waals surface area contributed by atoms with Crippen molar-refractivity contribution in [3.8, 4) is 5.75 Å². The van der Waals surface area contributed by atoms with E-state index in [-0.39, 0.29) is 19.4 Å². The average Bonchev–Trinajstić information content (AvgIpc) is 2.60. The Morgan fingerprint density at radius 3 is 2.12 bits per heavy atom. The molecule has 8 nitrogen and oxygen atoms in total. The zero-order chi connectivity index (χ0) is 24.7. The molecule has 0 radical (unpaired) electrons. The minimum atomic E-state index is -5.78. The number of carbonyl (C=O) groups excluding carboxylic acids is 2. The molecule has 0 saturated carbocycles. The summed E-state index contributed by atoms with van der Waals surface area (Å²) in [5.74, 6) is -1.50. The van der Waals surface area contributed by atoms with E-state index in [1.165, 1.54) is 12.1 Å².